The summed E-state index contributed by atoms with van der Waals surface area (Å²) in [5.41, 5.74) is 6.82. The van der Waals surface area contributed by atoms with Gasteiger partial charge in [-0.25, -0.2) is 5.43 Å². The van der Waals surface area contributed by atoms with Gasteiger partial charge in [0.1, 0.15) is 0 Å². The molecule has 0 radical (unpaired) electrons. The van der Waals surface area contributed by atoms with Crippen molar-refractivity contribution >= 4 is 17.8 Å². The topological polar surface area (TPSA) is 47.9 Å². The zero-order valence-electron chi connectivity index (χ0n) is 15.9. The highest BCUT2D eigenvalue weighted by atomic mass is 16.2. The van der Waals surface area contributed by atoms with Crippen molar-refractivity contribution in [2.45, 2.75) is 13.0 Å². The molecule has 1 N–H and O–H groups in total. The lowest BCUT2D eigenvalue weighted by Crippen LogP contribution is -2.32. The molecule has 0 saturated heterocycles. The third kappa shape index (κ3) is 5.53. The first-order chi connectivity index (χ1) is 13.1. The van der Waals surface area contributed by atoms with E-state index in [1.54, 1.807) is 6.21 Å². The Morgan fingerprint density at radius 3 is 2.52 bits per heavy atom. The van der Waals surface area contributed by atoms with E-state index < -0.39 is 0 Å². The van der Waals surface area contributed by atoms with Gasteiger partial charge < -0.3 is 4.90 Å². The smallest absolute Gasteiger partial charge is 0.267 e. The van der Waals surface area contributed by atoms with Crippen molar-refractivity contribution in [1.29, 1.82) is 0 Å². The molecule has 3 rings (SSSR count). The summed E-state index contributed by atoms with van der Waals surface area (Å²) in [6.45, 7) is 2.57. The zero-order chi connectivity index (χ0) is 19.1. The molecule has 0 aromatic heterocycles. The highest BCUT2D eigenvalue weighted by Crippen LogP contribution is 2.14. The summed E-state index contributed by atoms with van der Waals surface area (Å²) < 4.78 is 0. The van der Waals surface area contributed by atoms with E-state index in [9.17, 15) is 4.79 Å². The van der Waals surface area contributed by atoms with Crippen LogP contribution in [0, 0.1) is 0 Å². The van der Waals surface area contributed by atoms with Gasteiger partial charge in [-0.2, -0.15) is 5.10 Å². The normalized spacial score (nSPS) is 14.8. The van der Waals surface area contributed by atoms with Crippen molar-refractivity contribution in [3.05, 3.63) is 77.4 Å². The summed E-state index contributed by atoms with van der Waals surface area (Å²) in [5.74, 6) is -0.115. The molecule has 5 heteroatoms. The average Bonchev–Trinajstić information content (AvgIpc) is 2.69. The van der Waals surface area contributed by atoms with Gasteiger partial charge in [-0.3, -0.25) is 9.69 Å². The van der Waals surface area contributed by atoms with Crippen LogP contribution in [-0.2, 0) is 11.3 Å². The van der Waals surface area contributed by atoms with Crippen LogP contribution in [0.2, 0.25) is 0 Å². The summed E-state index contributed by atoms with van der Waals surface area (Å²) in [5, 5.41) is 4.09. The Labute approximate surface area is 161 Å². The maximum absolute atomic E-state index is 12.3. The molecule has 140 valence electrons. The van der Waals surface area contributed by atoms with Crippen LogP contribution in [0.3, 0.4) is 0 Å². The lowest BCUT2D eigenvalue weighted by atomic mass is 10.1. The van der Waals surface area contributed by atoms with Crippen LogP contribution in [0.1, 0.15) is 17.5 Å². The molecule has 0 saturated carbocycles. The summed E-state index contributed by atoms with van der Waals surface area (Å²) in [6, 6.07) is 18.4. The summed E-state index contributed by atoms with van der Waals surface area (Å²) in [6.07, 6.45) is 4.41. The van der Waals surface area contributed by atoms with E-state index in [2.05, 4.69) is 39.7 Å². The van der Waals surface area contributed by atoms with E-state index in [0.29, 0.717) is 0 Å². The Morgan fingerprint density at radius 1 is 1.15 bits per heavy atom. The van der Waals surface area contributed by atoms with Crippen molar-refractivity contribution in [2.24, 2.45) is 5.10 Å². The van der Waals surface area contributed by atoms with Gasteiger partial charge in [0.15, 0.2) is 0 Å². The molecular weight excluding hydrogens is 336 g/mol. The summed E-state index contributed by atoms with van der Waals surface area (Å²) in [4.78, 5) is 16.7. The Morgan fingerprint density at radius 2 is 1.89 bits per heavy atom. The third-order valence-electron chi connectivity index (χ3n) is 4.62. The van der Waals surface area contributed by atoms with Gasteiger partial charge in [-0.15, -0.1) is 0 Å². The average molecular weight is 362 g/mol. The SMILES string of the molecule is CN(C)c1ccc(/C=N\NC(=O)C2=CCN(Cc3ccccc3)CC2)cc1. The van der Waals surface area contributed by atoms with Gasteiger partial charge in [0.05, 0.1) is 6.21 Å². The second kappa shape index (κ2) is 9.14. The number of hydrogen-bond donors (Lipinski definition) is 1. The van der Waals surface area contributed by atoms with Crippen molar-refractivity contribution in [2.75, 3.05) is 32.1 Å². The largest absolute Gasteiger partial charge is 0.378 e. The predicted octanol–water partition coefficient (Wildman–Crippen LogP) is 3.04. The minimum absolute atomic E-state index is 0.115. The first-order valence-corrected chi connectivity index (χ1v) is 9.18. The highest BCUT2D eigenvalue weighted by molar-refractivity contribution is 5.94. The number of carbonyl (C=O) groups is 1. The Balaban J connectivity index is 1.48. The molecule has 1 amide bonds. The van der Waals surface area contributed by atoms with Crippen LogP contribution in [0.5, 0.6) is 0 Å². The first kappa shape index (κ1) is 18.9. The summed E-state index contributed by atoms with van der Waals surface area (Å²) >= 11 is 0. The maximum atomic E-state index is 12.3. The van der Waals surface area contributed by atoms with E-state index in [-0.39, 0.29) is 5.91 Å². The van der Waals surface area contributed by atoms with Crippen molar-refractivity contribution in [3.63, 3.8) is 0 Å². The van der Waals surface area contributed by atoms with E-state index in [1.807, 2.05) is 55.4 Å². The van der Waals surface area contributed by atoms with E-state index >= 15 is 0 Å². The molecule has 0 spiro atoms. The van der Waals surface area contributed by atoms with Crippen LogP contribution in [0.25, 0.3) is 0 Å². The van der Waals surface area contributed by atoms with E-state index in [0.717, 1.165) is 42.9 Å². The van der Waals surface area contributed by atoms with Crippen molar-refractivity contribution < 1.29 is 4.79 Å². The van der Waals surface area contributed by atoms with Crippen LogP contribution in [0.4, 0.5) is 5.69 Å². The number of benzene rings is 2. The Bertz CT molecular complexity index is 810. The van der Waals surface area contributed by atoms with Gasteiger partial charge in [0, 0.05) is 45.0 Å². The fraction of sp³-hybridized carbons (Fsp3) is 0.273. The predicted molar refractivity (Wildman–Crippen MR) is 111 cm³/mol. The van der Waals surface area contributed by atoms with Gasteiger partial charge in [-0.05, 0) is 29.7 Å². The molecule has 0 atom stereocenters. The van der Waals surface area contributed by atoms with Crippen molar-refractivity contribution in [3.8, 4) is 0 Å². The molecule has 1 aliphatic heterocycles. The Hall–Kier alpha value is -2.92. The van der Waals surface area contributed by atoms with Gasteiger partial charge in [0.25, 0.3) is 5.91 Å². The molecular formula is C22H26N4O. The molecule has 0 aliphatic carbocycles. The number of anilines is 1. The maximum Gasteiger partial charge on any atom is 0.267 e. The fourth-order valence-electron chi connectivity index (χ4n) is 3.00. The number of hydrogen-bond acceptors (Lipinski definition) is 4. The monoisotopic (exact) mass is 362 g/mol. The lowest BCUT2D eigenvalue weighted by molar-refractivity contribution is -0.117. The molecule has 1 aliphatic rings. The number of hydrazone groups is 1. The van der Waals surface area contributed by atoms with Crippen LogP contribution >= 0.6 is 0 Å². The molecule has 5 nitrogen and oxygen atoms in total. The molecule has 0 fully saturated rings. The van der Waals surface area contributed by atoms with Gasteiger partial charge in [0.2, 0.25) is 0 Å². The number of carbonyl (C=O) groups excluding carboxylic acids is 1. The lowest BCUT2D eigenvalue weighted by Gasteiger charge is -2.25. The molecule has 0 bridgehead atoms. The summed E-state index contributed by atoms with van der Waals surface area (Å²) in [7, 11) is 4.00. The number of rotatable bonds is 6. The molecule has 2 aromatic rings. The molecule has 1 heterocycles. The third-order valence-corrected chi connectivity index (χ3v) is 4.62. The standard InChI is InChI=1S/C22H26N4O/c1-25(2)21-10-8-18(9-11-21)16-23-24-22(27)20-12-14-26(15-13-20)17-19-6-4-3-5-7-19/h3-12,16H,13-15,17H2,1-2H3,(H,24,27)/b23-16-. The Kier molecular flexibility index (Phi) is 6.39. The quantitative estimate of drug-likeness (QED) is 0.635. The number of nitrogens with zero attached hydrogens (tertiary/aromatic N) is 3. The van der Waals surface area contributed by atoms with E-state index in [4.69, 9.17) is 0 Å². The molecule has 0 unspecified atom stereocenters. The van der Waals surface area contributed by atoms with Crippen LogP contribution < -0.4 is 10.3 Å². The van der Waals surface area contributed by atoms with Gasteiger partial charge in [-0.1, -0.05) is 48.5 Å². The van der Waals surface area contributed by atoms with Crippen molar-refractivity contribution in [1.82, 2.24) is 10.3 Å². The van der Waals surface area contributed by atoms with Crippen LogP contribution in [0.15, 0.2) is 71.3 Å². The van der Waals surface area contributed by atoms with Gasteiger partial charge >= 0.3 is 0 Å². The first-order valence-electron chi connectivity index (χ1n) is 9.18. The minimum Gasteiger partial charge on any atom is -0.378 e. The minimum atomic E-state index is -0.115. The zero-order valence-corrected chi connectivity index (χ0v) is 15.9. The highest BCUT2D eigenvalue weighted by Gasteiger charge is 2.16. The number of nitrogens with one attached hydrogen (secondary N) is 1. The molecule has 2 aromatic carbocycles. The second-order valence-corrected chi connectivity index (χ2v) is 6.89. The fourth-order valence-corrected chi connectivity index (χ4v) is 3.00. The van der Waals surface area contributed by atoms with Crippen LogP contribution in [-0.4, -0.2) is 44.2 Å². The second-order valence-electron chi connectivity index (χ2n) is 6.89. The van der Waals surface area contributed by atoms with E-state index in [1.165, 1.54) is 5.56 Å². The number of amides is 1. The molecule has 27 heavy (non-hydrogen) atoms.